The normalized spacial score (nSPS) is 14.5. The van der Waals surface area contributed by atoms with Crippen molar-refractivity contribution in [2.24, 2.45) is 0 Å². The van der Waals surface area contributed by atoms with Gasteiger partial charge in [0.05, 0.1) is 6.04 Å². The second-order valence-electron chi connectivity index (χ2n) is 5.79. The van der Waals surface area contributed by atoms with E-state index in [0.717, 1.165) is 11.1 Å². The highest BCUT2D eigenvalue weighted by atomic mass is 32.2. The lowest BCUT2D eigenvalue weighted by atomic mass is 10.1. The second-order valence-corrected chi connectivity index (χ2v) is 7.27. The number of hydrogen-bond acceptors (Lipinski definition) is 3. The number of benzene rings is 2. The maximum absolute atomic E-state index is 12.5. The molecule has 0 fully saturated rings. The van der Waals surface area contributed by atoms with E-state index in [2.05, 4.69) is 5.32 Å². The smallest absolute Gasteiger partial charge is 0.261 e. The average molecular weight is 345 g/mol. The molecule has 3 atom stereocenters. The van der Waals surface area contributed by atoms with E-state index in [1.165, 1.54) is 0 Å². The Kier molecular flexibility index (Phi) is 6.55. The van der Waals surface area contributed by atoms with Crippen molar-refractivity contribution in [3.63, 3.8) is 0 Å². The van der Waals surface area contributed by atoms with Gasteiger partial charge in [-0.3, -0.25) is 9.00 Å². The van der Waals surface area contributed by atoms with Crippen LogP contribution in [0.3, 0.4) is 0 Å². The molecule has 0 aliphatic carbocycles. The van der Waals surface area contributed by atoms with Gasteiger partial charge in [0.25, 0.3) is 5.91 Å². The minimum atomic E-state index is -1.02. The molecule has 2 aromatic carbocycles. The van der Waals surface area contributed by atoms with E-state index in [1.807, 2.05) is 61.5 Å². The first-order valence-electron chi connectivity index (χ1n) is 7.84. The molecule has 0 saturated heterocycles. The van der Waals surface area contributed by atoms with Gasteiger partial charge in [-0.1, -0.05) is 42.5 Å². The van der Waals surface area contributed by atoms with E-state index in [-0.39, 0.29) is 11.9 Å². The lowest BCUT2D eigenvalue weighted by Gasteiger charge is -2.21. The molecule has 5 heteroatoms. The quantitative estimate of drug-likeness (QED) is 0.839. The van der Waals surface area contributed by atoms with Gasteiger partial charge >= 0.3 is 0 Å². The molecule has 24 heavy (non-hydrogen) atoms. The molecule has 0 bridgehead atoms. The van der Waals surface area contributed by atoms with Crippen LogP contribution in [0.1, 0.15) is 24.1 Å². The summed E-state index contributed by atoms with van der Waals surface area (Å²) in [7, 11) is -1.02. The highest BCUT2D eigenvalue weighted by Gasteiger charge is 2.21. The highest BCUT2D eigenvalue weighted by Crippen LogP contribution is 2.16. The molecule has 2 aromatic rings. The van der Waals surface area contributed by atoms with Crippen LogP contribution in [-0.2, 0) is 15.6 Å². The molecule has 128 valence electrons. The summed E-state index contributed by atoms with van der Waals surface area (Å²) in [5.74, 6) is 0.802. The number of carbonyl (C=O) groups is 1. The van der Waals surface area contributed by atoms with Crippen LogP contribution in [0.4, 0.5) is 0 Å². The van der Waals surface area contributed by atoms with Crippen LogP contribution < -0.4 is 10.1 Å². The first-order chi connectivity index (χ1) is 11.5. The molecule has 1 N–H and O–H groups in total. The highest BCUT2D eigenvalue weighted by molar-refractivity contribution is 7.84. The summed E-state index contributed by atoms with van der Waals surface area (Å²) >= 11 is 0. The summed E-state index contributed by atoms with van der Waals surface area (Å²) in [5, 5.41) is 2.94. The van der Waals surface area contributed by atoms with Crippen LogP contribution in [0.25, 0.3) is 0 Å². The summed E-state index contributed by atoms with van der Waals surface area (Å²) in [6, 6.07) is 16.8. The SMILES string of the molecule is Cc1cccc(OC(C)C(=O)NC(CS(C)=O)c2ccccc2)c1. The van der Waals surface area contributed by atoms with Gasteiger partial charge in [-0.25, -0.2) is 0 Å². The van der Waals surface area contributed by atoms with Crippen molar-refractivity contribution in [1.82, 2.24) is 5.32 Å². The fourth-order valence-electron chi connectivity index (χ4n) is 2.38. The maximum Gasteiger partial charge on any atom is 0.261 e. The van der Waals surface area contributed by atoms with Crippen molar-refractivity contribution in [1.29, 1.82) is 0 Å². The molecule has 2 rings (SSSR count). The monoisotopic (exact) mass is 345 g/mol. The molecule has 0 aliphatic heterocycles. The van der Waals surface area contributed by atoms with E-state index >= 15 is 0 Å². The predicted octanol–water partition coefficient (Wildman–Crippen LogP) is 3.00. The Morgan fingerprint density at radius 2 is 1.88 bits per heavy atom. The Bertz CT molecular complexity index is 703. The number of carbonyl (C=O) groups excluding carboxylic acids is 1. The van der Waals surface area contributed by atoms with E-state index in [4.69, 9.17) is 4.74 Å². The Labute approximate surface area is 145 Å². The van der Waals surface area contributed by atoms with Crippen molar-refractivity contribution in [2.75, 3.05) is 12.0 Å². The molecular weight excluding hydrogens is 322 g/mol. The molecule has 0 radical (unpaired) electrons. The number of amides is 1. The van der Waals surface area contributed by atoms with E-state index in [1.54, 1.807) is 13.2 Å². The minimum absolute atomic E-state index is 0.226. The molecule has 0 spiro atoms. The zero-order valence-corrected chi connectivity index (χ0v) is 15.0. The van der Waals surface area contributed by atoms with Crippen molar-refractivity contribution in [3.8, 4) is 5.75 Å². The van der Waals surface area contributed by atoms with Crippen LogP contribution in [0.2, 0.25) is 0 Å². The molecule has 0 heterocycles. The Hall–Kier alpha value is -2.14. The average Bonchev–Trinajstić information content (AvgIpc) is 2.54. The molecule has 4 nitrogen and oxygen atoms in total. The predicted molar refractivity (Wildman–Crippen MR) is 97.5 cm³/mol. The number of rotatable bonds is 7. The van der Waals surface area contributed by atoms with Crippen molar-refractivity contribution >= 4 is 16.7 Å². The van der Waals surface area contributed by atoms with Crippen molar-refractivity contribution in [3.05, 3.63) is 65.7 Å². The van der Waals surface area contributed by atoms with Gasteiger partial charge in [-0.15, -0.1) is 0 Å². The standard InChI is InChI=1S/C19H23NO3S/c1-14-8-7-11-17(12-14)23-15(2)19(21)20-18(13-24(3)22)16-9-5-4-6-10-16/h4-12,15,18H,13H2,1-3H3,(H,20,21). The van der Waals surface area contributed by atoms with Gasteiger partial charge in [-0.2, -0.15) is 0 Å². The molecule has 3 unspecified atom stereocenters. The fourth-order valence-corrected chi connectivity index (χ4v) is 3.12. The third kappa shape index (κ3) is 5.49. The minimum Gasteiger partial charge on any atom is -0.481 e. The Morgan fingerprint density at radius 3 is 2.50 bits per heavy atom. The van der Waals surface area contributed by atoms with Crippen molar-refractivity contribution in [2.45, 2.75) is 26.0 Å². The lowest BCUT2D eigenvalue weighted by molar-refractivity contribution is -0.127. The zero-order chi connectivity index (χ0) is 17.5. The van der Waals surface area contributed by atoms with Gasteiger partial charge in [0.1, 0.15) is 5.75 Å². The number of hydrogen-bond donors (Lipinski definition) is 1. The van der Waals surface area contributed by atoms with Gasteiger partial charge in [0.2, 0.25) is 0 Å². The maximum atomic E-state index is 12.5. The third-order valence-electron chi connectivity index (χ3n) is 3.59. The third-order valence-corrected chi connectivity index (χ3v) is 4.39. The summed E-state index contributed by atoms with van der Waals surface area (Å²) < 4.78 is 17.3. The summed E-state index contributed by atoms with van der Waals surface area (Å²) in [6.45, 7) is 3.68. The first-order valence-corrected chi connectivity index (χ1v) is 9.57. The Balaban J connectivity index is 2.05. The van der Waals surface area contributed by atoms with Gasteiger partial charge in [0, 0.05) is 22.8 Å². The first kappa shape index (κ1) is 18.2. The van der Waals surface area contributed by atoms with Crippen LogP contribution in [0.5, 0.6) is 5.75 Å². The fraction of sp³-hybridized carbons (Fsp3) is 0.316. The van der Waals surface area contributed by atoms with Gasteiger partial charge in [-0.05, 0) is 37.1 Å². The number of nitrogens with one attached hydrogen (secondary N) is 1. The number of ether oxygens (including phenoxy) is 1. The van der Waals surface area contributed by atoms with Gasteiger partial charge in [0.15, 0.2) is 6.10 Å². The summed E-state index contributed by atoms with van der Waals surface area (Å²) in [4.78, 5) is 12.5. The summed E-state index contributed by atoms with van der Waals surface area (Å²) in [6.07, 6.45) is 0.998. The van der Waals surface area contributed by atoms with Crippen molar-refractivity contribution < 1.29 is 13.7 Å². The van der Waals surface area contributed by atoms with E-state index in [0.29, 0.717) is 11.5 Å². The van der Waals surface area contributed by atoms with Crippen LogP contribution in [-0.4, -0.2) is 28.2 Å². The van der Waals surface area contributed by atoms with Gasteiger partial charge < -0.3 is 10.1 Å². The number of aryl methyl sites for hydroxylation is 1. The lowest BCUT2D eigenvalue weighted by Crippen LogP contribution is -2.40. The molecule has 0 aliphatic rings. The molecule has 1 amide bonds. The second kappa shape index (κ2) is 8.64. The largest absolute Gasteiger partial charge is 0.481 e. The molecule has 0 saturated carbocycles. The van der Waals surface area contributed by atoms with E-state index in [9.17, 15) is 9.00 Å². The van der Waals surface area contributed by atoms with Crippen LogP contribution >= 0.6 is 0 Å². The van der Waals surface area contributed by atoms with Crippen LogP contribution in [0.15, 0.2) is 54.6 Å². The van der Waals surface area contributed by atoms with E-state index < -0.39 is 16.9 Å². The summed E-state index contributed by atoms with van der Waals surface area (Å²) in [5.41, 5.74) is 2.01. The topological polar surface area (TPSA) is 55.4 Å². The Morgan fingerprint density at radius 1 is 1.17 bits per heavy atom. The van der Waals surface area contributed by atoms with Crippen LogP contribution in [0, 0.1) is 6.92 Å². The zero-order valence-electron chi connectivity index (χ0n) is 14.2. The molecular formula is C19H23NO3S. The molecule has 0 aromatic heterocycles.